The van der Waals surface area contributed by atoms with Gasteiger partial charge in [-0.05, 0) is 25.5 Å². The van der Waals surface area contributed by atoms with Gasteiger partial charge in [-0.1, -0.05) is 18.2 Å². The molecule has 0 aliphatic carbocycles. The molecule has 5 heteroatoms. The first-order chi connectivity index (χ1) is 7.18. The molecule has 0 spiro atoms. The van der Waals surface area contributed by atoms with Crippen molar-refractivity contribution >= 4 is 13.4 Å². The summed E-state index contributed by atoms with van der Waals surface area (Å²) in [4.78, 5) is 0. The van der Waals surface area contributed by atoms with Gasteiger partial charge < -0.3 is 0 Å². The van der Waals surface area contributed by atoms with Crippen molar-refractivity contribution in [3.8, 4) is 0 Å². The zero-order valence-corrected chi connectivity index (χ0v) is 9.44. The van der Waals surface area contributed by atoms with Gasteiger partial charge in [-0.25, -0.2) is 4.57 Å². The summed E-state index contributed by atoms with van der Waals surface area (Å²) in [6.07, 6.45) is 0.751. The van der Waals surface area contributed by atoms with Crippen LogP contribution in [0.3, 0.4) is 0 Å². The number of benzene rings is 1. The summed E-state index contributed by atoms with van der Waals surface area (Å²) in [7, 11) is -3.14. The lowest BCUT2D eigenvalue weighted by Gasteiger charge is -2.28. The van der Waals surface area contributed by atoms with E-state index in [1.54, 1.807) is 0 Å². The fraction of sp³-hybridized carbons (Fsp3) is 0.400. The van der Waals surface area contributed by atoms with E-state index in [9.17, 15) is 4.57 Å². The minimum atomic E-state index is -3.14. The van der Waals surface area contributed by atoms with Gasteiger partial charge in [-0.3, -0.25) is 14.1 Å². The zero-order valence-electron chi connectivity index (χ0n) is 8.55. The third-order valence-corrected chi connectivity index (χ3v) is 3.84. The van der Waals surface area contributed by atoms with Crippen LogP contribution < -0.4 is 5.09 Å². The van der Waals surface area contributed by atoms with E-state index in [4.69, 9.17) is 9.05 Å². The van der Waals surface area contributed by atoms with E-state index in [0.29, 0.717) is 6.61 Å². The van der Waals surface area contributed by atoms with Gasteiger partial charge in [0.05, 0.1) is 12.7 Å². The van der Waals surface area contributed by atoms with Crippen LogP contribution >= 0.6 is 7.75 Å². The van der Waals surface area contributed by atoms with E-state index in [0.717, 1.165) is 12.1 Å². The van der Waals surface area contributed by atoms with E-state index >= 15 is 0 Å². The number of nitrogens with one attached hydrogen (secondary N) is 1. The molecule has 82 valence electrons. The Hall–Kier alpha value is -0.830. The Morgan fingerprint density at radius 3 is 2.80 bits per heavy atom. The van der Waals surface area contributed by atoms with E-state index in [-0.39, 0.29) is 6.10 Å². The van der Waals surface area contributed by atoms with Gasteiger partial charge in [-0.2, -0.15) is 0 Å². The molecule has 1 saturated heterocycles. The van der Waals surface area contributed by atoms with Crippen molar-refractivity contribution < 1.29 is 13.6 Å². The molecule has 0 aromatic heterocycles. The summed E-state index contributed by atoms with van der Waals surface area (Å²) < 4.78 is 22.5. The molecule has 2 atom stereocenters. The number of hydrogen-bond acceptors (Lipinski definition) is 3. The quantitative estimate of drug-likeness (QED) is 0.789. The van der Waals surface area contributed by atoms with Gasteiger partial charge in [0, 0.05) is 5.69 Å². The zero-order chi connectivity index (χ0) is 10.7. The van der Waals surface area contributed by atoms with E-state index < -0.39 is 7.75 Å². The maximum absolute atomic E-state index is 12.1. The molecule has 0 bridgehead atoms. The summed E-state index contributed by atoms with van der Waals surface area (Å²) in [6, 6.07) is 9.27. The summed E-state index contributed by atoms with van der Waals surface area (Å²) in [5, 5.41) is 2.80. The average molecular weight is 227 g/mol. The second-order valence-electron chi connectivity index (χ2n) is 3.51. The lowest BCUT2D eigenvalue weighted by Crippen LogP contribution is -2.20. The van der Waals surface area contributed by atoms with Crippen molar-refractivity contribution in [2.45, 2.75) is 19.4 Å². The number of rotatable bonds is 2. The number of hydrogen-bond donors (Lipinski definition) is 1. The minimum absolute atomic E-state index is 0.0270. The molecule has 1 heterocycles. The molecule has 1 aliphatic heterocycles. The molecule has 1 aromatic carbocycles. The third-order valence-electron chi connectivity index (χ3n) is 2.14. The van der Waals surface area contributed by atoms with Gasteiger partial charge in [0.15, 0.2) is 0 Å². The van der Waals surface area contributed by atoms with Crippen molar-refractivity contribution in [2.75, 3.05) is 11.7 Å². The summed E-state index contributed by atoms with van der Waals surface area (Å²) >= 11 is 0. The Labute approximate surface area is 89.2 Å². The van der Waals surface area contributed by atoms with Crippen molar-refractivity contribution in [1.82, 2.24) is 0 Å². The Morgan fingerprint density at radius 1 is 1.40 bits per heavy atom. The lowest BCUT2D eigenvalue weighted by molar-refractivity contribution is 0.0955. The number of para-hydroxylation sites is 1. The van der Waals surface area contributed by atoms with Gasteiger partial charge in [0.25, 0.3) is 0 Å². The molecule has 0 saturated carbocycles. The first kappa shape index (κ1) is 10.7. The predicted molar refractivity (Wildman–Crippen MR) is 58.8 cm³/mol. The monoisotopic (exact) mass is 227 g/mol. The molecule has 1 fully saturated rings. The normalized spacial score (nSPS) is 31.1. The maximum Gasteiger partial charge on any atom is 0.432 e. The summed E-state index contributed by atoms with van der Waals surface area (Å²) in [5.74, 6) is 0. The molecule has 2 rings (SSSR count). The Bertz CT molecular complexity index is 368. The molecule has 15 heavy (non-hydrogen) atoms. The molecule has 1 unspecified atom stereocenters. The molecule has 1 N–H and O–H groups in total. The second-order valence-corrected chi connectivity index (χ2v) is 5.20. The Morgan fingerprint density at radius 2 is 2.13 bits per heavy atom. The minimum Gasteiger partial charge on any atom is -0.293 e. The van der Waals surface area contributed by atoms with Crippen molar-refractivity contribution in [2.24, 2.45) is 0 Å². The smallest absolute Gasteiger partial charge is 0.293 e. The topological polar surface area (TPSA) is 47.6 Å². The molecule has 0 radical (unpaired) electrons. The molecule has 4 nitrogen and oxygen atoms in total. The molecule has 0 amide bonds. The van der Waals surface area contributed by atoms with Crippen LogP contribution in [-0.2, 0) is 13.6 Å². The Balaban J connectivity index is 2.07. The third kappa shape index (κ3) is 2.81. The lowest BCUT2D eigenvalue weighted by atomic mass is 10.3. The van der Waals surface area contributed by atoms with Crippen LogP contribution in [0.25, 0.3) is 0 Å². The van der Waals surface area contributed by atoms with E-state index in [1.165, 1.54) is 0 Å². The van der Waals surface area contributed by atoms with Gasteiger partial charge in [0.1, 0.15) is 0 Å². The highest BCUT2D eigenvalue weighted by atomic mass is 31.2. The fourth-order valence-electron chi connectivity index (χ4n) is 1.39. The summed E-state index contributed by atoms with van der Waals surface area (Å²) in [6.45, 7) is 2.36. The van der Waals surface area contributed by atoms with Gasteiger partial charge in [-0.15, -0.1) is 0 Å². The van der Waals surface area contributed by atoms with Crippen molar-refractivity contribution in [3.63, 3.8) is 0 Å². The standard InChI is InChI=1S/C10H14NO3P/c1-9-7-8-13-15(12,14-9)11-10-5-3-2-4-6-10/h2-6,9H,7-8H2,1H3,(H,11,12)/t9-,15?/m0/s1. The van der Waals surface area contributed by atoms with E-state index in [1.807, 2.05) is 37.3 Å². The number of anilines is 1. The van der Waals surface area contributed by atoms with Crippen LogP contribution in [-0.4, -0.2) is 12.7 Å². The molecular weight excluding hydrogens is 213 g/mol. The molecule has 1 aliphatic rings. The second kappa shape index (κ2) is 4.35. The van der Waals surface area contributed by atoms with Crippen LogP contribution in [0.4, 0.5) is 5.69 Å². The molecular formula is C10H14NO3P. The van der Waals surface area contributed by atoms with E-state index in [2.05, 4.69) is 5.09 Å². The highest BCUT2D eigenvalue weighted by molar-refractivity contribution is 7.55. The van der Waals surface area contributed by atoms with Crippen LogP contribution in [0.1, 0.15) is 13.3 Å². The van der Waals surface area contributed by atoms with Crippen molar-refractivity contribution in [1.29, 1.82) is 0 Å². The van der Waals surface area contributed by atoms with Crippen LogP contribution in [0.15, 0.2) is 30.3 Å². The summed E-state index contributed by atoms with van der Waals surface area (Å²) in [5.41, 5.74) is 0.745. The largest absolute Gasteiger partial charge is 0.432 e. The van der Waals surface area contributed by atoms with Crippen molar-refractivity contribution in [3.05, 3.63) is 30.3 Å². The SMILES string of the molecule is C[C@H]1CCOP(=O)(Nc2ccccc2)O1. The molecule has 1 aromatic rings. The van der Waals surface area contributed by atoms with Crippen LogP contribution in [0.2, 0.25) is 0 Å². The maximum atomic E-state index is 12.1. The highest BCUT2D eigenvalue weighted by Gasteiger charge is 2.31. The van der Waals surface area contributed by atoms with Gasteiger partial charge >= 0.3 is 7.75 Å². The highest BCUT2D eigenvalue weighted by Crippen LogP contribution is 2.51. The van der Waals surface area contributed by atoms with Crippen LogP contribution in [0.5, 0.6) is 0 Å². The Kier molecular flexibility index (Phi) is 3.10. The predicted octanol–water partition coefficient (Wildman–Crippen LogP) is 3.03. The first-order valence-corrected chi connectivity index (χ1v) is 6.48. The fourth-order valence-corrected chi connectivity index (χ4v) is 2.96. The average Bonchev–Trinajstić information content (AvgIpc) is 2.18. The van der Waals surface area contributed by atoms with Crippen LogP contribution in [0, 0.1) is 0 Å². The van der Waals surface area contributed by atoms with Gasteiger partial charge in [0.2, 0.25) is 0 Å². The first-order valence-electron chi connectivity index (χ1n) is 4.94.